The Hall–Kier alpha value is -0.770. The van der Waals surface area contributed by atoms with Gasteiger partial charge in [-0.15, -0.1) is 0 Å². The van der Waals surface area contributed by atoms with Crippen molar-refractivity contribution in [2.45, 2.75) is 13.3 Å². The second-order valence-electron chi connectivity index (χ2n) is 2.23. The summed E-state index contributed by atoms with van der Waals surface area (Å²) in [5.41, 5.74) is 0.492. The highest BCUT2D eigenvalue weighted by Gasteiger charge is 2.15. The summed E-state index contributed by atoms with van der Waals surface area (Å²) >= 11 is 3.15. The van der Waals surface area contributed by atoms with Crippen molar-refractivity contribution in [3.8, 4) is 0 Å². The van der Waals surface area contributed by atoms with Crippen LogP contribution < -0.4 is 0 Å². The van der Waals surface area contributed by atoms with Crippen molar-refractivity contribution >= 4 is 21.9 Å². The highest BCUT2D eigenvalue weighted by molar-refractivity contribution is 9.10. The third-order valence-electron chi connectivity index (χ3n) is 1.51. The lowest BCUT2D eigenvalue weighted by Gasteiger charge is -1.95. The summed E-state index contributed by atoms with van der Waals surface area (Å²) in [5.74, 6) is 0.287. The van der Waals surface area contributed by atoms with E-state index in [2.05, 4.69) is 20.7 Å². The minimum Gasteiger partial charge on any atom is -0.465 e. The average molecular weight is 233 g/mol. The van der Waals surface area contributed by atoms with Crippen LogP contribution in [-0.2, 0) is 11.2 Å². The molecule has 0 radical (unpaired) electrons. The Balaban J connectivity index is 3.04. The van der Waals surface area contributed by atoms with Crippen molar-refractivity contribution in [1.29, 1.82) is 0 Å². The molecule has 1 aromatic rings. The predicted molar refractivity (Wildman–Crippen MR) is 47.1 cm³/mol. The standard InChI is InChI=1S/C8H9BrO3/c1-3-6-5(8(10)11-2)4-7(9)12-6/h4H,3H2,1-2H3. The smallest absolute Gasteiger partial charge is 0.341 e. The van der Waals surface area contributed by atoms with Crippen LogP contribution in [0.5, 0.6) is 0 Å². The molecular weight excluding hydrogens is 224 g/mol. The zero-order valence-corrected chi connectivity index (χ0v) is 8.47. The van der Waals surface area contributed by atoms with Gasteiger partial charge in [0.2, 0.25) is 0 Å². The lowest BCUT2D eigenvalue weighted by molar-refractivity contribution is 0.0598. The first kappa shape index (κ1) is 9.32. The molecule has 4 heteroatoms. The molecule has 0 aromatic carbocycles. The Morgan fingerprint density at radius 2 is 2.42 bits per heavy atom. The van der Waals surface area contributed by atoms with Crippen LogP contribution in [0.4, 0.5) is 0 Å². The Morgan fingerprint density at radius 3 is 2.92 bits per heavy atom. The van der Waals surface area contributed by atoms with E-state index in [-0.39, 0.29) is 5.97 Å². The van der Waals surface area contributed by atoms with Gasteiger partial charge in [0.05, 0.1) is 7.11 Å². The predicted octanol–water partition coefficient (Wildman–Crippen LogP) is 2.39. The number of halogens is 1. The van der Waals surface area contributed by atoms with E-state index in [1.54, 1.807) is 6.07 Å². The van der Waals surface area contributed by atoms with E-state index in [4.69, 9.17) is 4.42 Å². The minimum absolute atomic E-state index is 0.360. The first-order chi connectivity index (χ1) is 5.69. The molecular formula is C8H9BrO3. The van der Waals surface area contributed by atoms with Gasteiger partial charge in [0.25, 0.3) is 0 Å². The molecule has 0 bridgehead atoms. The zero-order chi connectivity index (χ0) is 9.14. The van der Waals surface area contributed by atoms with Gasteiger partial charge in [0.15, 0.2) is 4.67 Å². The number of furan rings is 1. The Labute approximate surface area is 78.8 Å². The van der Waals surface area contributed by atoms with Crippen LogP contribution in [0.25, 0.3) is 0 Å². The molecule has 1 rings (SSSR count). The summed E-state index contributed by atoms with van der Waals surface area (Å²) in [7, 11) is 1.35. The fourth-order valence-electron chi connectivity index (χ4n) is 0.941. The minimum atomic E-state index is -0.360. The third-order valence-corrected chi connectivity index (χ3v) is 1.90. The first-order valence-electron chi connectivity index (χ1n) is 3.55. The van der Waals surface area contributed by atoms with E-state index in [0.29, 0.717) is 22.4 Å². The fraction of sp³-hybridized carbons (Fsp3) is 0.375. The van der Waals surface area contributed by atoms with Gasteiger partial charge in [0.1, 0.15) is 11.3 Å². The molecule has 66 valence electrons. The van der Waals surface area contributed by atoms with Gasteiger partial charge in [-0.25, -0.2) is 4.79 Å². The van der Waals surface area contributed by atoms with E-state index in [1.807, 2.05) is 6.92 Å². The molecule has 0 spiro atoms. The third kappa shape index (κ3) is 1.69. The van der Waals surface area contributed by atoms with Crippen molar-refractivity contribution in [3.63, 3.8) is 0 Å². The van der Waals surface area contributed by atoms with Crippen LogP contribution in [0.2, 0.25) is 0 Å². The number of rotatable bonds is 2. The number of hydrogen-bond acceptors (Lipinski definition) is 3. The lowest BCUT2D eigenvalue weighted by Crippen LogP contribution is -2.01. The van der Waals surface area contributed by atoms with Gasteiger partial charge < -0.3 is 9.15 Å². The number of hydrogen-bond donors (Lipinski definition) is 0. The Kier molecular flexibility index (Phi) is 2.92. The monoisotopic (exact) mass is 232 g/mol. The summed E-state index contributed by atoms with van der Waals surface area (Å²) < 4.78 is 10.3. The highest BCUT2D eigenvalue weighted by Crippen LogP contribution is 2.21. The van der Waals surface area contributed by atoms with Crippen LogP contribution in [-0.4, -0.2) is 13.1 Å². The number of methoxy groups -OCH3 is 1. The molecule has 0 fully saturated rings. The van der Waals surface area contributed by atoms with Gasteiger partial charge in [-0.1, -0.05) is 6.92 Å². The van der Waals surface area contributed by atoms with Gasteiger partial charge in [0, 0.05) is 12.5 Å². The average Bonchev–Trinajstić information content (AvgIpc) is 2.45. The summed E-state index contributed by atoms with van der Waals surface area (Å²) in [6.07, 6.45) is 0.677. The molecule has 12 heavy (non-hydrogen) atoms. The molecule has 1 heterocycles. The van der Waals surface area contributed by atoms with Gasteiger partial charge in [-0.2, -0.15) is 0 Å². The van der Waals surface area contributed by atoms with Crippen molar-refractivity contribution in [2.24, 2.45) is 0 Å². The molecule has 0 atom stereocenters. The lowest BCUT2D eigenvalue weighted by atomic mass is 10.2. The molecule has 0 unspecified atom stereocenters. The first-order valence-corrected chi connectivity index (χ1v) is 4.34. The molecule has 0 saturated carbocycles. The molecule has 0 aliphatic rings. The van der Waals surface area contributed by atoms with Crippen molar-refractivity contribution in [3.05, 3.63) is 22.1 Å². The zero-order valence-electron chi connectivity index (χ0n) is 6.89. The van der Waals surface area contributed by atoms with Crippen LogP contribution in [0.1, 0.15) is 23.0 Å². The van der Waals surface area contributed by atoms with E-state index in [9.17, 15) is 4.79 Å². The Morgan fingerprint density at radius 1 is 1.75 bits per heavy atom. The molecule has 0 aliphatic carbocycles. The largest absolute Gasteiger partial charge is 0.465 e. The quantitative estimate of drug-likeness (QED) is 0.736. The Bertz CT molecular complexity index is 290. The highest BCUT2D eigenvalue weighted by atomic mass is 79.9. The maximum Gasteiger partial charge on any atom is 0.341 e. The normalized spacial score (nSPS) is 9.92. The van der Waals surface area contributed by atoms with Crippen LogP contribution in [0.3, 0.4) is 0 Å². The van der Waals surface area contributed by atoms with E-state index in [0.717, 1.165) is 0 Å². The van der Waals surface area contributed by atoms with Crippen molar-refractivity contribution in [2.75, 3.05) is 7.11 Å². The number of carbonyl (C=O) groups excluding carboxylic acids is 1. The summed E-state index contributed by atoms with van der Waals surface area (Å²) in [4.78, 5) is 11.1. The fourth-order valence-corrected chi connectivity index (χ4v) is 1.37. The number of ether oxygens (including phenoxy) is 1. The maximum atomic E-state index is 11.1. The van der Waals surface area contributed by atoms with Gasteiger partial charge >= 0.3 is 5.97 Å². The van der Waals surface area contributed by atoms with Crippen molar-refractivity contribution in [1.82, 2.24) is 0 Å². The topological polar surface area (TPSA) is 39.4 Å². The van der Waals surface area contributed by atoms with E-state index in [1.165, 1.54) is 7.11 Å². The molecule has 0 N–H and O–H groups in total. The summed E-state index contributed by atoms with van der Waals surface area (Å²) in [6.45, 7) is 1.91. The number of aryl methyl sites for hydroxylation is 1. The van der Waals surface area contributed by atoms with Gasteiger partial charge in [-0.05, 0) is 15.9 Å². The molecule has 1 aromatic heterocycles. The number of carbonyl (C=O) groups is 1. The summed E-state index contributed by atoms with van der Waals surface area (Å²) in [5, 5.41) is 0. The van der Waals surface area contributed by atoms with Crippen molar-refractivity contribution < 1.29 is 13.9 Å². The second-order valence-corrected chi connectivity index (χ2v) is 3.01. The van der Waals surface area contributed by atoms with E-state index < -0.39 is 0 Å². The summed E-state index contributed by atoms with van der Waals surface area (Å²) in [6, 6.07) is 1.62. The van der Waals surface area contributed by atoms with Crippen LogP contribution in [0.15, 0.2) is 15.2 Å². The molecule has 0 amide bonds. The van der Waals surface area contributed by atoms with E-state index >= 15 is 0 Å². The maximum absolute atomic E-state index is 11.1. The molecule has 3 nitrogen and oxygen atoms in total. The SMILES string of the molecule is CCc1oc(Br)cc1C(=O)OC. The number of esters is 1. The van der Waals surface area contributed by atoms with Crippen LogP contribution >= 0.6 is 15.9 Å². The molecule has 0 saturated heterocycles. The van der Waals surface area contributed by atoms with Gasteiger partial charge in [-0.3, -0.25) is 0 Å². The van der Waals surface area contributed by atoms with Crippen LogP contribution in [0, 0.1) is 0 Å². The second kappa shape index (κ2) is 3.76. The molecule has 0 aliphatic heterocycles.